The molecule has 0 radical (unpaired) electrons. The van der Waals surface area contributed by atoms with E-state index in [2.05, 4.69) is 46.7 Å². The van der Waals surface area contributed by atoms with Crippen LogP contribution in [0, 0.1) is 5.92 Å². The van der Waals surface area contributed by atoms with Crippen LogP contribution in [0.5, 0.6) is 0 Å². The van der Waals surface area contributed by atoms with Gasteiger partial charge >= 0.3 is 0 Å². The van der Waals surface area contributed by atoms with E-state index in [9.17, 15) is 9.59 Å². The summed E-state index contributed by atoms with van der Waals surface area (Å²) in [6, 6.07) is 16.1. The Hall–Kier alpha value is -2.86. The molecule has 1 amide bonds. The maximum Gasteiger partial charge on any atom is 0.254 e. The summed E-state index contributed by atoms with van der Waals surface area (Å²) in [5.41, 5.74) is 6.39. The summed E-state index contributed by atoms with van der Waals surface area (Å²) in [5.74, 6) is 0.283. The van der Waals surface area contributed by atoms with Gasteiger partial charge in [0.25, 0.3) is 5.56 Å². The van der Waals surface area contributed by atoms with Crippen molar-refractivity contribution < 1.29 is 4.79 Å². The predicted octanol–water partition coefficient (Wildman–Crippen LogP) is 4.47. The Morgan fingerprint density at radius 2 is 1.87 bits per heavy atom. The van der Waals surface area contributed by atoms with Crippen LogP contribution >= 0.6 is 11.8 Å². The van der Waals surface area contributed by atoms with E-state index in [1.807, 2.05) is 26.8 Å². The van der Waals surface area contributed by atoms with Crippen LogP contribution in [-0.2, 0) is 23.2 Å². The van der Waals surface area contributed by atoms with Crippen LogP contribution in [0.2, 0.25) is 0 Å². The van der Waals surface area contributed by atoms with Crippen molar-refractivity contribution in [1.29, 1.82) is 0 Å². The third-order valence-electron chi connectivity index (χ3n) is 5.99. The van der Waals surface area contributed by atoms with Gasteiger partial charge in [-0.15, -0.1) is 0 Å². The number of hydrogen-bond acceptors (Lipinski definition) is 4. The van der Waals surface area contributed by atoms with Gasteiger partial charge in [-0.1, -0.05) is 62.9 Å². The minimum Gasteiger partial charge on any atom is -0.326 e. The molecule has 2 aliphatic rings. The lowest BCUT2D eigenvalue weighted by Crippen LogP contribution is -2.37. The number of nitrogens with one attached hydrogen (secondary N) is 1. The summed E-state index contributed by atoms with van der Waals surface area (Å²) in [5, 5.41) is 3.77. The number of rotatable bonds is 2. The van der Waals surface area contributed by atoms with Gasteiger partial charge in [0.1, 0.15) is 0 Å². The summed E-state index contributed by atoms with van der Waals surface area (Å²) >= 11 is 1.48. The molecule has 158 valence electrons. The summed E-state index contributed by atoms with van der Waals surface area (Å²) in [7, 11) is 0. The SMILES string of the molecule is CC(C)(C)c1cc(=O)n2c(n1)SCC(C(=O)Nc1ccc3c(c1)Cc1ccccc1-3)C2. The topological polar surface area (TPSA) is 64.0 Å². The molecule has 1 aliphatic heterocycles. The lowest BCUT2D eigenvalue weighted by atomic mass is 9.92. The molecule has 5 nitrogen and oxygen atoms in total. The van der Waals surface area contributed by atoms with E-state index in [-0.39, 0.29) is 22.8 Å². The van der Waals surface area contributed by atoms with E-state index in [1.54, 1.807) is 10.6 Å². The van der Waals surface area contributed by atoms with E-state index < -0.39 is 0 Å². The second-order valence-electron chi connectivity index (χ2n) is 9.33. The Morgan fingerprint density at radius 3 is 2.68 bits per heavy atom. The third kappa shape index (κ3) is 3.69. The molecule has 0 saturated carbocycles. The zero-order chi connectivity index (χ0) is 21.8. The van der Waals surface area contributed by atoms with Crippen molar-refractivity contribution >= 4 is 23.4 Å². The van der Waals surface area contributed by atoms with Gasteiger partial charge in [0.2, 0.25) is 5.91 Å². The number of anilines is 1. The molecular weight excluding hydrogens is 406 g/mol. The van der Waals surface area contributed by atoms with E-state index in [1.165, 1.54) is 34.0 Å². The van der Waals surface area contributed by atoms with Gasteiger partial charge < -0.3 is 5.32 Å². The Bertz CT molecular complexity index is 1260. The smallest absolute Gasteiger partial charge is 0.254 e. The van der Waals surface area contributed by atoms with Gasteiger partial charge in [-0.05, 0) is 40.8 Å². The van der Waals surface area contributed by atoms with E-state index >= 15 is 0 Å². The van der Waals surface area contributed by atoms with Crippen molar-refractivity contribution in [3.05, 3.63) is 75.7 Å². The van der Waals surface area contributed by atoms with Crippen molar-refractivity contribution in [3.8, 4) is 11.1 Å². The molecule has 1 atom stereocenters. The van der Waals surface area contributed by atoms with Crippen LogP contribution in [0.4, 0.5) is 5.69 Å². The predicted molar refractivity (Wildman–Crippen MR) is 125 cm³/mol. The number of benzene rings is 2. The number of hydrogen-bond donors (Lipinski definition) is 1. The number of carbonyl (C=O) groups excluding carboxylic acids is 1. The molecule has 0 spiro atoms. The normalized spacial score (nSPS) is 16.9. The van der Waals surface area contributed by atoms with Crippen molar-refractivity contribution in [1.82, 2.24) is 9.55 Å². The van der Waals surface area contributed by atoms with Gasteiger partial charge in [-0.2, -0.15) is 0 Å². The maximum atomic E-state index is 13.0. The number of thioether (sulfide) groups is 1. The van der Waals surface area contributed by atoms with Gasteiger partial charge in [0, 0.05) is 29.5 Å². The van der Waals surface area contributed by atoms with E-state index in [4.69, 9.17) is 0 Å². The van der Waals surface area contributed by atoms with Gasteiger partial charge in [0.05, 0.1) is 11.6 Å². The highest BCUT2D eigenvalue weighted by Crippen LogP contribution is 2.37. The molecule has 1 unspecified atom stereocenters. The monoisotopic (exact) mass is 431 g/mol. The van der Waals surface area contributed by atoms with Gasteiger partial charge in [-0.25, -0.2) is 4.98 Å². The largest absolute Gasteiger partial charge is 0.326 e. The Kier molecular flexibility index (Phi) is 4.77. The summed E-state index contributed by atoms with van der Waals surface area (Å²) in [6.45, 7) is 6.50. The van der Waals surface area contributed by atoms with Crippen molar-refractivity contribution in [2.45, 2.75) is 44.3 Å². The molecule has 2 aromatic carbocycles. The second kappa shape index (κ2) is 7.38. The Morgan fingerprint density at radius 1 is 1.10 bits per heavy atom. The number of aromatic nitrogens is 2. The molecule has 1 N–H and O–H groups in total. The number of fused-ring (bicyclic) bond motifs is 4. The fourth-order valence-electron chi connectivity index (χ4n) is 4.22. The molecule has 0 bridgehead atoms. The van der Waals surface area contributed by atoms with Crippen molar-refractivity contribution in [2.75, 3.05) is 11.1 Å². The maximum absolute atomic E-state index is 13.0. The van der Waals surface area contributed by atoms with E-state index in [0.29, 0.717) is 17.5 Å². The first-order chi connectivity index (χ1) is 14.8. The van der Waals surface area contributed by atoms with Crippen LogP contribution in [0.3, 0.4) is 0 Å². The minimum atomic E-state index is -0.275. The first-order valence-corrected chi connectivity index (χ1v) is 11.6. The minimum absolute atomic E-state index is 0.0552. The van der Waals surface area contributed by atoms with Crippen LogP contribution in [0.25, 0.3) is 11.1 Å². The second-order valence-corrected chi connectivity index (χ2v) is 10.3. The van der Waals surface area contributed by atoms with Gasteiger partial charge in [0.15, 0.2) is 5.16 Å². The lowest BCUT2D eigenvalue weighted by molar-refractivity contribution is -0.119. The van der Waals surface area contributed by atoms with E-state index in [0.717, 1.165) is 17.8 Å². The fourth-order valence-corrected chi connectivity index (χ4v) is 5.31. The van der Waals surface area contributed by atoms with Gasteiger partial charge in [-0.3, -0.25) is 14.2 Å². The number of carbonyl (C=O) groups is 1. The van der Waals surface area contributed by atoms with Crippen LogP contribution in [0.1, 0.15) is 37.6 Å². The molecule has 5 rings (SSSR count). The first kappa shape index (κ1) is 20.1. The number of nitrogens with zero attached hydrogens (tertiary/aromatic N) is 2. The summed E-state index contributed by atoms with van der Waals surface area (Å²) < 4.78 is 1.63. The van der Waals surface area contributed by atoms with Crippen LogP contribution in [-0.4, -0.2) is 21.2 Å². The average Bonchev–Trinajstić information content (AvgIpc) is 3.10. The Balaban J connectivity index is 1.33. The zero-order valence-electron chi connectivity index (χ0n) is 17.9. The molecular formula is C25H25N3O2S. The first-order valence-electron chi connectivity index (χ1n) is 10.6. The van der Waals surface area contributed by atoms with Crippen LogP contribution < -0.4 is 10.9 Å². The quantitative estimate of drug-likeness (QED) is 0.476. The highest BCUT2D eigenvalue weighted by Gasteiger charge is 2.29. The molecule has 0 saturated heterocycles. The average molecular weight is 432 g/mol. The third-order valence-corrected chi connectivity index (χ3v) is 7.13. The molecule has 31 heavy (non-hydrogen) atoms. The molecule has 1 aromatic heterocycles. The lowest BCUT2D eigenvalue weighted by Gasteiger charge is -2.26. The highest BCUT2D eigenvalue weighted by molar-refractivity contribution is 7.99. The molecule has 1 aliphatic carbocycles. The zero-order valence-corrected chi connectivity index (χ0v) is 18.8. The summed E-state index contributed by atoms with van der Waals surface area (Å²) in [6.07, 6.45) is 0.888. The highest BCUT2D eigenvalue weighted by atomic mass is 32.2. The van der Waals surface area contributed by atoms with Crippen molar-refractivity contribution in [2.24, 2.45) is 5.92 Å². The fraction of sp³-hybridized carbons (Fsp3) is 0.320. The molecule has 6 heteroatoms. The molecule has 0 fully saturated rings. The van der Waals surface area contributed by atoms with Crippen molar-refractivity contribution in [3.63, 3.8) is 0 Å². The standard InChI is InChI=1S/C25H25N3O2S/c1-25(2,3)21-12-22(29)28-13-17(14-31-24(28)27-21)23(30)26-18-8-9-20-16(11-18)10-15-6-4-5-7-19(15)20/h4-9,11-12,17H,10,13-14H2,1-3H3,(H,26,30). The number of amides is 1. The molecule has 3 aromatic rings. The summed E-state index contributed by atoms with van der Waals surface area (Å²) in [4.78, 5) is 30.3. The van der Waals surface area contributed by atoms with Crippen LogP contribution in [0.15, 0.2) is 58.5 Å². The Labute approximate surface area is 185 Å². The molecule has 2 heterocycles.